The van der Waals surface area contributed by atoms with Crippen molar-refractivity contribution < 1.29 is 5.11 Å². The zero-order valence-corrected chi connectivity index (χ0v) is 11.7. The second-order valence-electron chi connectivity index (χ2n) is 4.53. The van der Waals surface area contributed by atoms with Crippen molar-refractivity contribution in [2.24, 2.45) is 5.73 Å². The summed E-state index contributed by atoms with van der Waals surface area (Å²) in [5.74, 6) is 0.931. The second-order valence-corrected chi connectivity index (χ2v) is 4.53. The molecular formula is C14H25N3O. The number of aliphatic hydroxyl groups excluding tert-OH is 1. The van der Waals surface area contributed by atoms with E-state index >= 15 is 0 Å². The molecule has 1 aromatic heterocycles. The zero-order chi connectivity index (χ0) is 13.5. The Morgan fingerprint density at radius 3 is 2.50 bits per heavy atom. The molecule has 4 nitrogen and oxygen atoms in total. The molecule has 0 unspecified atom stereocenters. The third-order valence-electron chi connectivity index (χ3n) is 3.31. The SMILES string of the molecule is CCC(CC)N(CCO)c1nc(C)ccc1CN. The minimum atomic E-state index is 0.135. The molecule has 0 fully saturated rings. The number of nitrogens with two attached hydrogens (primary N) is 1. The lowest BCUT2D eigenvalue weighted by atomic mass is 10.1. The van der Waals surface area contributed by atoms with Crippen LogP contribution in [0, 0.1) is 6.92 Å². The Balaban J connectivity index is 3.14. The predicted octanol–water partition coefficient (Wildman–Crippen LogP) is 1.84. The summed E-state index contributed by atoms with van der Waals surface area (Å²) in [5, 5.41) is 9.27. The van der Waals surface area contributed by atoms with E-state index in [9.17, 15) is 5.11 Å². The number of aliphatic hydroxyl groups is 1. The molecule has 0 radical (unpaired) electrons. The maximum Gasteiger partial charge on any atom is 0.133 e. The summed E-state index contributed by atoms with van der Waals surface area (Å²) in [6.07, 6.45) is 2.08. The number of hydrogen-bond acceptors (Lipinski definition) is 4. The number of hydrogen-bond donors (Lipinski definition) is 2. The van der Waals surface area contributed by atoms with Gasteiger partial charge in [0.25, 0.3) is 0 Å². The number of nitrogens with zero attached hydrogens (tertiary/aromatic N) is 2. The molecule has 0 amide bonds. The van der Waals surface area contributed by atoms with Crippen molar-refractivity contribution in [2.75, 3.05) is 18.1 Å². The fraction of sp³-hybridized carbons (Fsp3) is 0.643. The number of aryl methyl sites for hydroxylation is 1. The van der Waals surface area contributed by atoms with Crippen LogP contribution in [0.5, 0.6) is 0 Å². The van der Waals surface area contributed by atoms with E-state index in [-0.39, 0.29) is 6.61 Å². The molecule has 0 aliphatic heterocycles. The largest absolute Gasteiger partial charge is 0.395 e. The molecule has 1 aromatic rings. The van der Waals surface area contributed by atoms with Gasteiger partial charge in [0.15, 0.2) is 0 Å². The molecule has 0 saturated heterocycles. The van der Waals surface area contributed by atoms with E-state index in [0.29, 0.717) is 19.1 Å². The van der Waals surface area contributed by atoms with Gasteiger partial charge in [0, 0.05) is 30.4 Å². The molecule has 3 N–H and O–H groups in total. The smallest absolute Gasteiger partial charge is 0.133 e. The van der Waals surface area contributed by atoms with Gasteiger partial charge >= 0.3 is 0 Å². The first kappa shape index (κ1) is 14.9. The summed E-state index contributed by atoms with van der Waals surface area (Å²) < 4.78 is 0. The normalized spacial score (nSPS) is 11.0. The van der Waals surface area contributed by atoms with Crippen LogP contribution >= 0.6 is 0 Å². The van der Waals surface area contributed by atoms with Gasteiger partial charge < -0.3 is 15.7 Å². The van der Waals surface area contributed by atoms with Crippen molar-refractivity contribution in [1.82, 2.24) is 4.98 Å². The lowest BCUT2D eigenvalue weighted by Gasteiger charge is -2.32. The van der Waals surface area contributed by atoms with Crippen LogP contribution in [-0.4, -0.2) is 29.3 Å². The van der Waals surface area contributed by atoms with Crippen molar-refractivity contribution in [3.8, 4) is 0 Å². The molecule has 1 rings (SSSR count). The van der Waals surface area contributed by atoms with Gasteiger partial charge in [-0.1, -0.05) is 19.9 Å². The molecule has 102 valence electrons. The van der Waals surface area contributed by atoms with E-state index in [1.165, 1.54) is 0 Å². The van der Waals surface area contributed by atoms with E-state index in [2.05, 4.69) is 23.7 Å². The van der Waals surface area contributed by atoms with E-state index < -0.39 is 0 Å². The maximum atomic E-state index is 9.27. The van der Waals surface area contributed by atoms with Crippen LogP contribution in [0.2, 0.25) is 0 Å². The summed E-state index contributed by atoms with van der Waals surface area (Å²) in [7, 11) is 0. The highest BCUT2D eigenvalue weighted by atomic mass is 16.3. The van der Waals surface area contributed by atoms with E-state index in [4.69, 9.17) is 5.73 Å². The predicted molar refractivity (Wildman–Crippen MR) is 75.7 cm³/mol. The Labute approximate surface area is 110 Å². The van der Waals surface area contributed by atoms with E-state index in [1.54, 1.807) is 0 Å². The summed E-state index contributed by atoms with van der Waals surface area (Å²) in [6.45, 7) is 7.53. The summed E-state index contributed by atoms with van der Waals surface area (Å²) in [6, 6.07) is 4.41. The highest BCUT2D eigenvalue weighted by Gasteiger charge is 2.19. The quantitative estimate of drug-likeness (QED) is 0.776. The Morgan fingerprint density at radius 1 is 1.33 bits per heavy atom. The summed E-state index contributed by atoms with van der Waals surface area (Å²) in [5.41, 5.74) is 7.81. The second kappa shape index (κ2) is 7.34. The molecule has 18 heavy (non-hydrogen) atoms. The van der Waals surface area contributed by atoms with Gasteiger partial charge in [0.2, 0.25) is 0 Å². The van der Waals surface area contributed by atoms with E-state index in [0.717, 1.165) is 29.9 Å². The first-order valence-corrected chi connectivity index (χ1v) is 6.71. The average Bonchev–Trinajstić information content (AvgIpc) is 2.39. The van der Waals surface area contributed by atoms with Crippen molar-refractivity contribution in [3.63, 3.8) is 0 Å². The third-order valence-corrected chi connectivity index (χ3v) is 3.31. The molecule has 0 spiro atoms. The van der Waals surface area contributed by atoms with Crippen LogP contribution < -0.4 is 10.6 Å². The zero-order valence-electron chi connectivity index (χ0n) is 11.7. The first-order valence-electron chi connectivity index (χ1n) is 6.71. The van der Waals surface area contributed by atoms with Gasteiger partial charge in [0.1, 0.15) is 5.82 Å². The molecular weight excluding hydrogens is 226 g/mol. The molecule has 0 aromatic carbocycles. The van der Waals surface area contributed by atoms with Crippen molar-refractivity contribution in [3.05, 3.63) is 23.4 Å². The molecule has 0 aliphatic carbocycles. The fourth-order valence-corrected chi connectivity index (χ4v) is 2.28. The van der Waals surface area contributed by atoms with Gasteiger partial charge in [-0.15, -0.1) is 0 Å². The molecule has 0 atom stereocenters. The van der Waals surface area contributed by atoms with Gasteiger partial charge in [0.05, 0.1) is 6.61 Å². The molecule has 0 bridgehead atoms. The van der Waals surface area contributed by atoms with E-state index in [1.807, 2.05) is 19.1 Å². The number of pyridine rings is 1. The molecule has 0 aliphatic rings. The van der Waals surface area contributed by atoms with Crippen LogP contribution in [0.3, 0.4) is 0 Å². The van der Waals surface area contributed by atoms with Crippen molar-refractivity contribution in [2.45, 2.75) is 46.2 Å². The number of aromatic nitrogens is 1. The van der Waals surface area contributed by atoms with Gasteiger partial charge in [-0.3, -0.25) is 0 Å². The van der Waals surface area contributed by atoms with Gasteiger partial charge in [-0.05, 0) is 25.8 Å². The number of rotatable bonds is 7. The fourth-order valence-electron chi connectivity index (χ4n) is 2.28. The Hall–Kier alpha value is -1.13. The average molecular weight is 251 g/mol. The molecule has 0 saturated carbocycles. The Morgan fingerprint density at radius 2 is 2.00 bits per heavy atom. The monoisotopic (exact) mass is 251 g/mol. The van der Waals surface area contributed by atoms with Crippen LogP contribution in [0.1, 0.15) is 37.9 Å². The lowest BCUT2D eigenvalue weighted by Crippen LogP contribution is -2.38. The lowest BCUT2D eigenvalue weighted by molar-refractivity contribution is 0.295. The molecule has 1 heterocycles. The Kier molecular flexibility index (Phi) is 6.09. The van der Waals surface area contributed by atoms with Crippen LogP contribution in [0.4, 0.5) is 5.82 Å². The minimum absolute atomic E-state index is 0.135. The standard InChI is InChI=1S/C14H25N3O/c1-4-13(5-2)17(8-9-18)14-12(10-15)7-6-11(3)16-14/h6-7,13,18H,4-5,8-10,15H2,1-3H3. The van der Waals surface area contributed by atoms with Crippen LogP contribution in [-0.2, 0) is 6.54 Å². The minimum Gasteiger partial charge on any atom is -0.395 e. The first-order chi connectivity index (χ1) is 8.67. The summed E-state index contributed by atoms with van der Waals surface area (Å²) >= 11 is 0. The maximum absolute atomic E-state index is 9.27. The number of anilines is 1. The topological polar surface area (TPSA) is 62.4 Å². The molecule has 4 heteroatoms. The Bertz CT molecular complexity index is 364. The third kappa shape index (κ3) is 3.43. The summed E-state index contributed by atoms with van der Waals surface area (Å²) in [4.78, 5) is 6.80. The highest BCUT2D eigenvalue weighted by molar-refractivity contribution is 5.48. The van der Waals surface area contributed by atoms with Crippen LogP contribution in [0.25, 0.3) is 0 Å². The highest BCUT2D eigenvalue weighted by Crippen LogP contribution is 2.22. The van der Waals surface area contributed by atoms with Gasteiger partial charge in [-0.25, -0.2) is 4.98 Å². The van der Waals surface area contributed by atoms with Crippen molar-refractivity contribution >= 4 is 5.82 Å². The van der Waals surface area contributed by atoms with Gasteiger partial charge in [-0.2, -0.15) is 0 Å². The van der Waals surface area contributed by atoms with Crippen LogP contribution in [0.15, 0.2) is 12.1 Å². The van der Waals surface area contributed by atoms with Crippen molar-refractivity contribution in [1.29, 1.82) is 0 Å².